The second-order valence-electron chi connectivity index (χ2n) is 5.39. The molecule has 0 radical (unpaired) electrons. The van der Waals surface area contributed by atoms with Crippen LogP contribution in [-0.4, -0.2) is 37.4 Å². The predicted octanol–water partition coefficient (Wildman–Crippen LogP) is 2.37. The normalized spacial score (nSPS) is 19.7. The van der Waals surface area contributed by atoms with Crippen molar-refractivity contribution in [3.8, 4) is 0 Å². The molecule has 0 spiro atoms. The number of benzene rings is 1. The molecule has 1 atom stereocenters. The van der Waals surface area contributed by atoms with Crippen molar-refractivity contribution >= 4 is 11.9 Å². The van der Waals surface area contributed by atoms with Crippen LogP contribution >= 0.6 is 0 Å². The minimum Gasteiger partial charge on any atom is -0.459 e. The Bertz CT molecular complexity index is 572. The maximum Gasteiger partial charge on any atom is 0.339 e. The van der Waals surface area contributed by atoms with Crippen LogP contribution in [0.15, 0.2) is 36.4 Å². The van der Waals surface area contributed by atoms with Gasteiger partial charge in [0, 0.05) is 0 Å². The van der Waals surface area contributed by atoms with Crippen molar-refractivity contribution < 1.29 is 23.8 Å². The molecule has 1 fully saturated rings. The van der Waals surface area contributed by atoms with Gasteiger partial charge in [-0.15, -0.1) is 0 Å². The van der Waals surface area contributed by atoms with E-state index in [-0.39, 0.29) is 29.9 Å². The van der Waals surface area contributed by atoms with Crippen LogP contribution in [0.5, 0.6) is 0 Å². The molecular formula is C16H18O5. The number of epoxide rings is 1. The van der Waals surface area contributed by atoms with Crippen LogP contribution in [0.3, 0.4) is 0 Å². The lowest BCUT2D eigenvalue weighted by Gasteiger charge is -2.11. The molecule has 0 N–H and O–H groups in total. The van der Waals surface area contributed by atoms with Crippen LogP contribution < -0.4 is 0 Å². The van der Waals surface area contributed by atoms with E-state index >= 15 is 0 Å². The van der Waals surface area contributed by atoms with Gasteiger partial charge in [0.05, 0.1) is 17.7 Å². The molecule has 1 aromatic carbocycles. The van der Waals surface area contributed by atoms with Gasteiger partial charge in [0.2, 0.25) is 0 Å². The van der Waals surface area contributed by atoms with Crippen LogP contribution in [0.25, 0.3) is 0 Å². The lowest BCUT2D eigenvalue weighted by atomic mass is 10.1. The first-order chi connectivity index (χ1) is 9.91. The van der Waals surface area contributed by atoms with Crippen molar-refractivity contribution in [1.29, 1.82) is 0 Å². The van der Waals surface area contributed by atoms with Crippen molar-refractivity contribution in [1.82, 2.24) is 0 Å². The molecule has 1 heterocycles. The first kappa shape index (κ1) is 15.3. The number of carbonyl (C=O) groups is 2. The van der Waals surface area contributed by atoms with E-state index < -0.39 is 11.9 Å². The van der Waals surface area contributed by atoms with E-state index in [1.807, 2.05) is 6.92 Å². The molecule has 5 heteroatoms. The van der Waals surface area contributed by atoms with Gasteiger partial charge in [-0.05, 0) is 31.6 Å². The van der Waals surface area contributed by atoms with E-state index in [2.05, 4.69) is 6.58 Å². The zero-order chi connectivity index (χ0) is 15.5. The third-order valence-corrected chi connectivity index (χ3v) is 2.96. The Kier molecular flexibility index (Phi) is 4.43. The molecule has 21 heavy (non-hydrogen) atoms. The first-order valence-corrected chi connectivity index (χ1v) is 6.63. The second-order valence-corrected chi connectivity index (χ2v) is 5.39. The van der Waals surface area contributed by atoms with Crippen LogP contribution in [0.1, 0.15) is 34.6 Å². The van der Waals surface area contributed by atoms with E-state index in [1.165, 1.54) is 12.1 Å². The SMILES string of the molecule is C=C(C)COC(=O)c1ccccc1C(=O)OCC1(C)CO1. The summed E-state index contributed by atoms with van der Waals surface area (Å²) >= 11 is 0. The molecule has 112 valence electrons. The fourth-order valence-electron chi connectivity index (χ4n) is 1.61. The smallest absolute Gasteiger partial charge is 0.339 e. The Labute approximate surface area is 123 Å². The third kappa shape index (κ3) is 4.16. The standard InChI is InChI=1S/C16H18O5/c1-11(2)8-19-14(17)12-6-4-5-7-13(12)15(18)20-9-16(3)10-21-16/h4-7H,1,8-10H2,2-3H3. The van der Waals surface area contributed by atoms with Crippen LogP contribution in [0.2, 0.25) is 0 Å². The van der Waals surface area contributed by atoms with Gasteiger partial charge < -0.3 is 14.2 Å². The molecule has 0 bridgehead atoms. The molecule has 2 rings (SSSR count). The maximum atomic E-state index is 12.1. The molecule has 0 aromatic heterocycles. The molecule has 1 aliphatic rings. The number of rotatable bonds is 6. The number of ether oxygens (including phenoxy) is 3. The van der Waals surface area contributed by atoms with Gasteiger partial charge in [-0.3, -0.25) is 0 Å². The highest BCUT2D eigenvalue weighted by Crippen LogP contribution is 2.26. The third-order valence-electron chi connectivity index (χ3n) is 2.96. The summed E-state index contributed by atoms with van der Waals surface area (Å²) in [5.74, 6) is -1.13. The quantitative estimate of drug-likeness (QED) is 0.457. The first-order valence-electron chi connectivity index (χ1n) is 6.63. The molecule has 1 aliphatic heterocycles. The summed E-state index contributed by atoms with van der Waals surface area (Å²) in [6, 6.07) is 6.41. The summed E-state index contributed by atoms with van der Waals surface area (Å²) in [6.07, 6.45) is 0. The Balaban J connectivity index is 2.06. The van der Waals surface area contributed by atoms with E-state index in [9.17, 15) is 9.59 Å². The van der Waals surface area contributed by atoms with E-state index in [0.29, 0.717) is 6.61 Å². The van der Waals surface area contributed by atoms with Crippen LogP contribution in [-0.2, 0) is 14.2 Å². The zero-order valence-corrected chi connectivity index (χ0v) is 12.2. The topological polar surface area (TPSA) is 65.1 Å². The van der Waals surface area contributed by atoms with Gasteiger partial charge in [-0.25, -0.2) is 9.59 Å². The number of esters is 2. The summed E-state index contributed by atoms with van der Waals surface area (Å²) in [4.78, 5) is 24.1. The van der Waals surface area contributed by atoms with Crippen LogP contribution in [0, 0.1) is 0 Å². The van der Waals surface area contributed by atoms with Gasteiger partial charge in [-0.1, -0.05) is 18.7 Å². The van der Waals surface area contributed by atoms with Gasteiger partial charge >= 0.3 is 11.9 Å². The highest BCUT2D eigenvalue weighted by molar-refractivity contribution is 6.03. The summed E-state index contributed by atoms with van der Waals surface area (Å²) in [7, 11) is 0. The highest BCUT2D eigenvalue weighted by atomic mass is 16.6. The fraction of sp³-hybridized carbons (Fsp3) is 0.375. The van der Waals surface area contributed by atoms with Gasteiger partial charge in [0.25, 0.3) is 0 Å². The van der Waals surface area contributed by atoms with Gasteiger partial charge in [0.15, 0.2) is 0 Å². The van der Waals surface area contributed by atoms with Crippen molar-refractivity contribution in [2.24, 2.45) is 0 Å². The molecule has 1 saturated heterocycles. The maximum absolute atomic E-state index is 12.1. The molecule has 1 unspecified atom stereocenters. The number of hydrogen-bond acceptors (Lipinski definition) is 5. The molecule has 0 saturated carbocycles. The van der Waals surface area contributed by atoms with E-state index in [1.54, 1.807) is 19.1 Å². The van der Waals surface area contributed by atoms with Gasteiger partial charge in [-0.2, -0.15) is 0 Å². The monoisotopic (exact) mass is 290 g/mol. The summed E-state index contributed by atoms with van der Waals surface area (Å²) < 4.78 is 15.4. The van der Waals surface area contributed by atoms with Crippen molar-refractivity contribution in [3.05, 3.63) is 47.5 Å². The van der Waals surface area contributed by atoms with Crippen molar-refractivity contribution in [3.63, 3.8) is 0 Å². The van der Waals surface area contributed by atoms with E-state index in [4.69, 9.17) is 14.2 Å². The molecule has 0 amide bonds. The fourth-order valence-corrected chi connectivity index (χ4v) is 1.61. The predicted molar refractivity (Wildman–Crippen MR) is 76.2 cm³/mol. The average Bonchev–Trinajstić information content (AvgIpc) is 3.20. The van der Waals surface area contributed by atoms with E-state index in [0.717, 1.165) is 5.57 Å². The summed E-state index contributed by atoms with van der Waals surface area (Å²) in [5, 5.41) is 0. The largest absolute Gasteiger partial charge is 0.459 e. The van der Waals surface area contributed by atoms with Crippen LogP contribution in [0.4, 0.5) is 0 Å². The Morgan fingerprint density at radius 2 is 1.76 bits per heavy atom. The Morgan fingerprint density at radius 1 is 1.24 bits per heavy atom. The highest BCUT2D eigenvalue weighted by Gasteiger charge is 2.41. The molecule has 0 aliphatic carbocycles. The number of carbonyl (C=O) groups excluding carboxylic acids is 2. The Hall–Kier alpha value is -2.14. The second kappa shape index (κ2) is 6.10. The van der Waals surface area contributed by atoms with Crippen molar-refractivity contribution in [2.45, 2.75) is 19.4 Å². The minimum absolute atomic E-state index is 0.119. The lowest BCUT2D eigenvalue weighted by Crippen LogP contribution is -2.20. The van der Waals surface area contributed by atoms with Crippen molar-refractivity contribution in [2.75, 3.05) is 19.8 Å². The Morgan fingerprint density at radius 3 is 2.24 bits per heavy atom. The zero-order valence-electron chi connectivity index (χ0n) is 12.2. The lowest BCUT2D eigenvalue weighted by molar-refractivity contribution is 0.0396. The van der Waals surface area contributed by atoms with Gasteiger partial charge in [0.1, 0.15) is 18.8 Å². The molecule has 1 aromatic rings. The minimum atomic E-state index is -0.570. The molecule has 5 nitrogen and oxygen atoms in total. The summed E-state index contributed by atoms with van der Waals surface area (Å²) in [6.45, 7) is 8.13. The summed E-state index contributed by atoms with van der Waals surface area (Å²) in [5.41, 5.74) is 0.715. The number of hydrogen-bond donors (Lipinski definition) is 0. The average molecular weight is 290 g/mol. The molecular weight excluding hydrogens is 272 g/mol.